The third-order valence-corrected chi connectivity index (χ3v) is 5.62. The van der Waals surface area contributed by atoms with E-state index in [-0.39, 0.29) is 17.9 Å². The molecule has 0 saturated heterocycles. The lowest BCUT2D eigenvalue weighted by Crippen LogP contribution is -2.51. The van der Waals surface area contributed by atoms with Crippen molar-refractivity contribution >= 4 is 5.91 Å². The second-order valence-corrected chi connectivity index (χ2v) is 7.67. The van der Waals surface area contributed by atoms with Crippen molar-refractivity contribution in [3.63, 3.8) is 0 Å². The summed E-state index contributed by atoms with van der Waals surface area (Å²) < 4.78 is 0. The molecule has 158 valence electrons. The maximum Gasteiger partial charge on any atom is 0.227 e. The first-order chi connectivity index (χ1) is 14.1. The highest BCUT2D eigenvalue weighted by Crippen LogP contribution is 2.20. The number of carbonyl (C=O) groups is 1. The van der Waals surface area contributed by atoms with Crippen molar-refractivity contribution in [2.24, 2.45) is 0 Å². The van der Waals surface area contributed by atoms with Gasteiger partial charge < -0.3 is 15.7 Å². The van der Waals surface area contributed by atoms with Crippen LogP contribution in [-0.4, -0.2) is 35.7 Å². The van der Waals surface area contributed by atoms with Gasteiger partial charge in [0.1, 0.15) is 0 Å². The molecule has 3 atom stereocenters. The predicted octanol–water partition coefficient (Wildman–Crippen LogP) is 4.05. The average Bonchev–Trinajstić information content (AvgIpc) is 2.76. The van der Waals surface area contributed by atoms with Crippen LogP contribution in [0.4, 0.5) is 0 Å². The number of amides is 1. The zero-order valence-electron chi connectivity index (χ0n) is 18.0. The molecule has 3 N–H and O–H groups in total. The fourth-order valence-corrected chi connectivity index (χ4v) is 3.70. The molecule has 0 heterocycles. The van der Waals surface area contributed by atoms with Gasteiger partial charge in [0.15, 0.2) is 0 Å². The van der Waals surface area contributed by atoms with Crippen molar-refractivity contribution in [3.05, 3.63) is 71.8 Å². The van der Waals surface area contributed by atoms with Crippen LogP contribution in [0, 0.1) is 0 Å². The highest BCUT2D eigenvalue weighted by Gasteiger charge is 2.26. The lowest BCUT2D eigenvalue weighted by atomic mass is 9.94. The van der Waals surface area contributed by atoms with E-state index in [1.165, 1.54) is 0 Å². The molecule has 0 saturated carbocycles. The molecular weight excluding hydrogens is 360 g/mol. The van der Waals surface area contributed by atoms with Gasteiger partial charge in [0, 0.05) is 12.6 Å². The van der Waals surface area contributed by atoms with Crippen molar-refractivity contribution in [3.8, 4) is 0 Å². The van der Waals surface area contributed by atoms with E-state index in [9.17, 15) is 9.90 Å². The van der Waals surface area contributed by atoms with Crippen molar-refractivity contribution in [2.45, 2.75) is 70.6 Å². The molecule has 1 unspecified atom stereocenters. The molecule has 0 aliphatic carbocycles. The zero-order chi connectivity index (χ0) is 21.1. The maximum absolute atomic E-state index is 13.1. The van der Waals surface area contributed by atoms with Crippen molar-refractivity contribution in [1.29, 1.82) is 0 Å². The lowest BCUT2D eigenvalue weighted by Gasteiger charge is -2.28. The number of carbonyl (C=O) groups excluding carboxylic acids is 1. The van der Waals surface area contributed by atoms with E-state index in [0.717, 1.165) is 30.4 Å². The third kappa shape index (κ3) is 7.30. The molecule has 0 radical (unpaired) electrons. The Morgan fingerprint density at radius 3 is 2.03 bits per heavy atom. The van der Waals surface area contributed by atoms with Crippen molar-refractivity contribution in [1.82, 2.24) is 10.6 Å². The number of aliphatic hydroxyl groups is 1. The minimum Gasteiger partial charge on any atom is -0.390 e. The topological polar surface area (TPSA) is 61.4 Å². The first-order valence-corrected chi connectivity index (χ1v) is 10.9. The highest BCUT2D eigenvalue weighted by molar-refractivity contribution is 5.83. The van der Waals surface area contributed by atoms with Gasteiger partial charge >= 0.3 is 0 Å². The molecule has 4 nitrogen and oxygen atoms in total. The Hall–Kier alpha value is -2.17. The van der Waals surface area contributed by atoms with E-state index in [0.29, 0.717) is 19.0 Å². The Balaban J connectivity index is 2.11. The van der Waals surface area contributed by atoms with Gasteiger partial charge in [-0.05, 0) is 36.8 Å². The molecule has 2 aromatic rings. The van der Waals surface area contributed by atoms with Crippen LogP contribution < -0.4 is 10.6 Å². The fourth-order valence-electron chi connectivity index (χ4n) is 3.70. The molecule has 0 spiro atoms. The standard InChI is InChI=1S/C25H36N2O2/c1-4-21(5-2)26-18-24(28)23(17-19-13-9-7-10-14-19)27-25(29)22(6-3)20-15-11-8-12-16-20/h7-16,21-24,26,28H,4-6,17-18H2,1-3H3,(H,27,29)/t22?,23-,24-/m1/s1. The molecule has 29 heavy (non-hydrogen) atoms. The van der Waals surface area contributed by atoms with Gasteiger partial charge in [0.25, 0.3) is 0 Å². The van der Waals surface area contributed by atoms with Gasteiger partial charge in [0.2, 0.25) is 5.91 Å². The predicted molar refractivity (Wildman–Crippen MR) is 120 cm³/mol. The number of hydrogen-bond donors (Lipinski definition) is 3. The smallest absolute Gasteiger partial charge is 0.227 e. The summed E-state index contributed by atoms with van der Waals surface area (Å²) in [6, 6.07) is 19.9. The van der Waals surface area contributed by atoms with E-state index in [1.54, 1.807) is 0 Å². The number of rotatable bonds is 12. The third-order valence-electron chi connectivity index (χ3n) is 5.62. The van der Waals surface area contributed by atoms with Crippen LogP contribution in [0.2, 0.25) is 0 Å². The van der Waals surface area contributed by atoms with Crippen molar-refractivity contribution < 1.29 is 9.90 Å². The first kappa shape index (κ1) is 23.1. The summed E-state index contributed by atoms with van der Waals surface area (Å²) in [5.74, 6) is -0.241. The van der Waals surface area contributed by atoms with Gasteiger partial charge in [0.05, 0.1) is 18.1 Å². The summed E-state index contributed by atoms with van der Waals surface area (Å²) in [4.78, 5) is 13.1. The highest BCUT2D eigenvalue weighted by atomic mass is 16.3. The summed E-state index contributed by atoms with van der Waals surface area (Å²) in [6.45, 7) is 6.77. The second-order valence-electron chi connectivity index (χ2n) is 7.67. The Bertz CT molecular complexity index is 701. The van der Waals surface area contributed by atoms with Crippen LogP contribution in [0.25, 0.3) is 0 Å². The summed E-state index contributed by atoms with van der Waals surface area (Å²) in [7, 11) is 0. The van der Waals surface area contributed by atoms with Gasteiger partial charge in [-0.15, -0.1) is 0 Å². The second kappa shape index (κ2) is 12.4. The molecule has 1 amide bonds. The molecule has 0 aliphatic rings. The number of aliphatic hydroxyl groups excluding tert-OH is 1. The molecule has 0 fully saturated rings. The molecule has 4 heteroatoms. The number of benzene rings is 2. The van der Waals surface area contributed by atoms with Crippen LogP contribution in [0.1, 0.15) is 57.1 Å². The van der Waals surface area contributed by atoms with E-state index in [1.807, 2.05) is 67.6 Å². The SMILES string of the molecule is CCC(CC)NC[C@@H](O)[C@@H](Cc1ccccc1)NC(=O)C(CC)c1ccccc1. The monoisotopic (exact) mass is 396 g/mol. The minimum atomic E-state index is -0.659. The number of nitrogens with one attached hydrogen (secondary N) is 2. The Morgan fingerprint density at radius 1 is 0.897 bits per heavy atom. The normalized spacial score (nSPS) is 14.4. The quantitative estimate of drug-likeness (QED) is 0.507. The Morgan fingerprint density at radius 2 is 1.48 bits per heavy atom. The summed E-state index contributed by atoms with van der Waals surface area (Å²) in [5, 5.41) is 17.5. The molecule has 2 aromatic carbocycles. The molecule has 0 bridgehead atoms. The van der Waals surface area contributed by atoms with E-state index in [2.05, 4.69) is 24.5 Å². The van der Waals surface area contributed by atoms with E-state index in [4.69, 9.17) is 0 Å². The minimum absolute atomic E-state index is 0.0267. The zero-order valence-corrected chi connectivity index (χ0v) is 18.0. The van der Waals surface area contributed by atoms with E-state index >= 15 is 0 Å². The summed E-state index contributed by atoms with van der Waals surface area (Å²) in [6.07, 6.45) is 2.70. The van der Waals surface area contributed by atoms with Crippen LogP contribution in [-0.2, 0) is 11.2 Å². The Kier molecular flexibility index (Phi) is 9.89. The summed E-state index contributed by atoms with van der Waals surface area (Å²) in [5.41, 5.74) is 2.11. The van der Waals surface area contributed by atoms with E-state index < -0.39 is 6.10 Å². The van der Waals surface area contributed by atoms with Gasteiger partial charge in [-0.3, -0.25) is 4.79 Å². The van der Waals surface area contributed by atoms with Gasteiger partial charge in [-0.1, -0.05) is 81.4 Å². The molecular formula is C25H36N2O2. The fraction of sp³-hybridized carbons (Fsp3) is 0.480. The molecule has 2 rings (SSSR count). The summed E-state index contributed by atoms with van der Waals surface area (Å²) >= 11 is 0. The van der Waals surface area contributed by atoms with Crippen LogP contribution in [0.3, 0.4) is 0 Å². The largest absolute Gasteiger partial charge is 0.390 e. The molecule has 0 aliphatic heterocycles. The van der Waals surface area contributed by atoms with Crippen LogP contribution in [0.5, 0.6) is 0 Å². The number of hydrogen-bond acceptors (Lipinski definition) is 3. The average molecular weight is 397 g/mol. The Labute approximate surface area is 175 Å². The molecule has 0 aromatic heterocycles. The van der Waals surface area contributed by atoms with Gasteiger partial charge in [-0.25, -0.2) is 0 Å². The lowest BCUT2D eigenvalue weighted by molar-refractivity contribution is -0.124. The van der Waals surface area contributed by atoms with Crippen LogP contribution >= 0.6 is 0 Å². The first-order valence-electron chi connectivity index (χ1n) is 10.9. The van der Waals surface area contributed by atoms with Gasteiger partial charge in [-0.2, -0.15) is 0 Å². The van der Waals surface area contributed by atoms with Crippen LogP contribution in [0.15, 0.2) is 60.7 Å². The maximum atomic E-state index is 13.1. The van der Waals surface area contributed by atoms with Crippen molar-refractivity contribution in [2.75, 3.05) is 6.54 Å².